The van der Waals surface area contributed by atoms with Crippen LogP contribution in [0.25, 0.3) is 10.6 Å². The molecule has 1 N–H and O–H groups in total. The lowest BCUT2D eigenvalue weighted by atomic mass is 10.2. The second-order valence-electron chi connectivity index (χ2n) is 4.41. The predicted molar refractivity (Wildman–Crippen MR) is 68.7 cm³/mol. The summed E-state index contributed by atoms with van der Waals surface area (Å²) >= 11 is 1.48. The molecule has 1 aliphatic rings. The van der Waals surface area contributed by atoms with E-state index in [-0.39, 0.29) is 6.42 Å². The molecule has 2 heterocycles. The average Bonchev–Trinajstić information content (AvgIpc) is 3.12. The summed E-state index contributed by atoms with van der Waals surface area (Å²) in [6.07, 6.45) is 5.81. The van der Waals surface area contributed by atoms with Crippen molar-refractivity contribution in [1.82, 2.24) is 9.97 Å². The van der Waals surface area contributed by atoms with Gasteiger partial charge in [0.05, 0.1) is 12.1 Å². The maximum absolute atomic E-state index is 10.9. The van der Waals surface area contributed by atoms with Crippen molar-refractivity contribution in [3.63, 3.8) is 0 Å². The third-order valence-electron chi connectivity index (χ3n) is 2.91. The van der Waals surface area contributed by atoms with Gasteiger partial charge >= 0.3 is 5.97 Å². The molecular formula is C13H12N2O2S. The Bertz CT molecular complexity index is 576. The Kier molecular flexibility index (Phi) is 2.83. The van der Waals surface area contributed by atoms with E-state index < -0.39 is 5.97 Å². The van der Waals surface area contributed by atoms with Crippen LogP contribution in [0.15, 0.2) is 24.5 Å². The van der Waals surface area contributed by atoms with Crippen molar-refractivity contribution in [3.05, 3.63) is 35.1 Å². The Labute approximate surface area is 108 Å². The molecule has 18 heavy (non-hydrogen) atoms. The SMILES string of the molecule is O=C(O)Cc1sc(-c2cccnc2)nc1C1CC1. The summed E-state index contributed by atoms with van der Waals surface area (Å²) in [7, 11) is 0. The normalized spacial score (nSPS) is 14.7. The highest BCUT2D eigenvalue weighted by Crippen LogP contribution is 2.44. The van der Waals surface area contributed by atoms with E-state index in [1.807, 2.05) is 12.1 Å². The van der Waals surface area contributed by atoms with Crippen molar-refractivity contribution in [2.45, 2.75) is 25.2 Å². The number of carboxylic acids is 1. The highest BCUT2D eigenvalue weighted by Gasteiger charge is 2.30. The molecule has 0 bridgehead atoms. The number of hydrogen-bond donors (Lipinski definition) is 1. The van der Waals surface area contributed by atoms with Crippen LogP contribution < -0.4 is 0 Å². The van der Waals surface area contributed by atoms with Crippen LogP contribution in [-0.2, 0) is 11.2 Å². The Morgan fingerprint density at radius 3 is 2.94 bits per heavy atom. The maximum Gasteiger partial charge on any atom is 0.308 e. The fourth-order valence-corrected chi connectivity index (χ4v) is 3.04. The summed E-state index contributed by atoms with van der Waals surface area (Å²) in [6, 6.07) is 3.82. The zero-order valence-electron chi connectivity index (χ0n) is 9.67. The van der Waals surface area contributed by atoms with E-state index in [4.69, 9.17) is 5.11 Å². The first kappa shape index (κ1) is 11.3. The second kappa shape index (κ2) is 4.49. The van der Waals surface area contributed by atoms with Gasteiger partial charge in [0.1, 0.15) is 5.01 Å². The minimum atomic E-state index is -0.793. The molecule has 5 heteroatoms. The Hall–Kier alpha value is -1.75. The Morgan fingerprint density at radius 2 is 2.33 bits per heavy atom. The Balaban J connectivity index is 1.99. The molecule has 0 amide bonds. The van der Waals surface area contributed by atoms with Gasteiger partial charge in [-0.15, -0.1) is 11.3 Å². The van der Waals surface area contributed by atoms with Crippen LogP contribution in [0.2, 0.25) is 0 Å². The topological polar surface area (TPSA) is 63.1 Å². The first-order chi connectivity index (χ1) is 8.74. The summed E-state index contributed by atoms with van der Waals surface area (Å²) in [5, 5.41) is 9.82. The monoisotopic (exact) mass is 260 g/mol. The number of aromatic nitrogens is 2. The van der Waals surface area contributed by atoms with Crippen molar-refractivity contribution in [3.8, 4) is 10.6 Å². The zero-order chi connectivity index (χ0) is 12.5. The number of carboxylic acid groups (broad SMARTS) is 1. The zero-order valence-corrected chi connectivity index (χ0v) is 10.5. The van der Waals surface area contributed by atoms with Crippen molar-refractivity contribution in [2.24, 2.45) is 0 Å². The molecular weight excluding hydrogens is 248 g/mol. The molecule has 2 aromatic heterocycles. The molecule has 0 saturated heterocycles. The maximum atomic E-state index is 10.9. The number of nitrogens with zero attached hydrogens (tertiary/aromatic N) is 2. The predicted octanol–water partition coefficient (Wildman–Crippen LogP) is 2.71. The third-order valence-corrected chi connectivity index (χ3v) is 4.03. The molecule has 1 aliphatic carbocycles. The van der Waals surface area contributed by atoms with Gasteiger partial charge in [-0.05, 0) is 25.0 Å². The van der Waals surface area contributed by atoms with E-state index in [2.05, 4.69) is 9.97 Å². The van der Waals surface area contributed by atoms with Crippen molar-refractivity contribution in [2.75, 3.05) is 0 Å². The first-order valence-electron chi connectivity index (χ1n) is 5.86. The summed E-state index contributed by atoms with van der Waals surface area (Å²) in [4.78, 5) is 20.5. The lowest BCUT2D eigenvalue weighted by molar-refractivity contribution is -0.136. The molecule has 0 spiro atoms. The number of hydrogen-bond acceptors (Lipinski definition) is 4. The molecule has 92 valence electrons. The molecule has 0 radical (unpaired) electrons. The molecule has 2 aromatic rings. The van der Waals surface area contributed by atoms with Crippen molar-refractivity contribution < 1.29 is 9.90 Å². The molecule has 0 aromatic carbocycles. The molecule has 4 nitrogen and oxygen atoms in total. The lowest BCUT2D eigenvalue weighted by Gasteiger charge is -1.95. The first-order valence-corrected chi connectivity index (χ1v) is 6.67. The molecule has 0 aliphatic heterocycles. The van der Waals surface area contributed by atoms with Crippen LogP contribution in [0.5, 0.6) is 0 Å². The van der Waals surface area contributed by atoms with E-state index in [9.17, 15) is 4.79 Å². The number of thiazole rings is 1. The van der Waals surface area contributed by atoms with E-state index in [1.54, 1.807) is 12.4 Å². The van der Waals surface area contributed by atoms with Gasteiger partial charge in [-0.25, -0.2) is 4.98 Å². The van der Waals surface area contributed by atoms with Crippen LogP contribution in [0.1, 0.15) is 29.3 Å². The van der Waals surface area contributed by atoms with E-state index in [1.165, 1.54) is 11.3 Å². The number of carbonyl (C=O) groups is 1. The highest BCUT2D eigenvalue weighted by molar-refractivity contribution is 7.15. The third kappa shape index (κ3) is 2.26. The smallest absolute Gasteiger partial charge is 0.308 e. The quantitative estimate of drug-likeness (QED) is 0.918. The van der Waals surface area contributed by atoms with Crippen molar-refractivity contribution >= 4 is 17.3 Å². The average molecular weight is 260 g/mol. The van der Waals surface area contributed by atoms with Crippen LogP contribution >= 0.6 is 11.3 Å². The van der Waals surface area contributed by atoms with Crippen molar-refractivity contribution in [1.29, 1.82) is 0 Å². The molecule has 3 rings (SSSR count). The van der Waals surface area contributed by atoms with Crippen LogP contribution in [0.4, 0.5) is 0 Å². The van der Waals surface area contributed by atoms with Gasteiger partial charge in [-0.2, -0.15) is 0 Å². The minimum Gasteiger partial charge on any atom is -0.481 e. The van der Waals surface area contributed by atoms with Gasteiger partial charge in [-0.1, -0.05) is 0 Å². The standard InChI is InChI=1S/C13H12N2O2S/c16-11(17)6-10-12(8-3-4-8)15-13(18-10)9-2-1-5-14-7-9/h1-2,5,7-8H,3-4,6H2,(H,16,17). The Morgan fingerprint density at radius 1 is 1.50 bits per heavy atom. The fraction of sp³-hybridized carbons (Fsp3) is 0.308. The van der Waals surface area contributed by atoms with Crippen LogP contribution in [0.3, 0.4) is 0 Å². The van der Waals surface area contributed by atoms with Gasteiger partial charge < -0.3 is 5.11 Å². The molecule has 0 atom stereocenters. The second-order valence-corrected chi connectivity index (χ2v) is 5.50. The van der Waals surface area contributed by atoms with E-state index in [0.717, 1.165) is 34.0 Å². The molecule has 0 unspecified atom stereocenters. The van der Waals surface area contributed by atoms with Gasteiger partial charge in [0.15, 0.2) is 0 Å². The van der Waals surface area contributed by atoms with Gasteiger partial charge in [0.25, 0.3) is 0 Å². The highest BCUT2D eigenvalue weighted by atomic mass is 32.1. The minimum absolute atomic E-state index is 0.0732. The summed E-state index contributed by atoms with van der Waals surface area (Å²) in [5.74, 6) is -0.320. The van der Waals surface area contributed by atoms with Gasteiger partial charge in [-0.3, -0.25) is 9.78 Å². The summed E-state index contributed by atoms with van der Waals surface area (Å²) in [6.45, 7) is 0. The molecule has 1 saturated carbocycles. The van der Waals surface area contributed by atoms with E-state index in [0.29, 0.717) is 5.92 Å². The van der Waals surface area contributed by atoms with Crippen LogP contribution in [-0.4, -0.2) is 21.0 Å². The summed E-state index contributed by atoms with van der Waals surface area (Å²) in [5.41, 5.74) is 1.95. The number of rotatable bonds is 4. The molecule has 1 fully saturated rings. The number of aliphatic carboxylic acids is 1. The largest absolute Gasteiger partial charge is 0.481 e. The fourth-order valence-electron chi connectivity index (χ4n) is 1.92. The number of pyridine rings is 1. The van der Waals surface area contributed by atoms with Gasteiger partial charge in [0.2, 0.25) is 0 Å². The summed E-state index contributed by atoms with van der Waals surface area (Å²) < 4.78 is 0. The lowest BCUT2D eigenvalue weighted by Crippen LogP contribution is -2.00. The van der Waals surface area contributed by atoms with Crippen LogP contribution in [0, 0.1) is 0 Å². The van der Waals surface area contributed by atoms with Gasteiger partial charge in [0, 0.05) is 28.8 Å². The van der Waals surface area contributed by atoms with E-state index >= 15 is 0 Å².